The van der Waals surface area contributed by atoms with Crippen molar-refractivity contribution in [2.45, 2.75) is 44.4 Å². The second-order valence-electron chi connectivity index (χ2n) is 7.03. The Balaban J connectivity index is 1.53. The molecule has 0 N–H and O–H groups in total. The van der Waals surface area contributed by atoms with Crippen LogP contribution in [0.15, 0.2) is 24.5 Å². The average molecular weight is 361 g/mol. The molecule has 138 valence electrons. The van der Waals surface area contributed by atoms with E-state index in [-0.39, 0.29) is 23.3 Å². The number of halogens is 2. The Hall–Kier alpha value is -2.38. The summed E-state index contributed by atoms with van der Waals surface area (Å²) in [7, 11) is 0. The van der Waals surface area contributed by atoms with Gasteiger partial charge >= 0.3 is 0 Å². The first kappa shape index (κ1) is 17.1. The number of nitrogens with zero attached hydrogens (tertiary/aromatic N) is 5. The van der Waals surface area contributed by atoms with E-state index in [1.807, 2.05) is 4.90 Å². The number of carbonyl (C=O) groups excluding carboxylic acids is 1. The van der Waals surface area contributed by atoms with E-state index in [9.17, 15) is 13.6 Å². The monoisotopic (exact) mass is 361 g/mol. The van der Waals surface area contributed by atoms with Crippen LogP contribution in [0.5, 0.6) is 0 Å². The van der Waals surface area contributed by atoms with Crippen molar-refractivity contribution in [1.82, 2.24) is 24.5 Å². The van der Waals surface area contributed by atoms with Crippen LogP contribution in [0.1, 0.15) is 55.8 Å². The standard InChI is InChI=1S/C18H21F2N5O/c19-17(20)15-9-14(23-18-21-11-22-25(15)18)13-6-3-7-24(10-13)16(26)8-12-4-1-2-5-12/h1,4,9,11-13,17H,2-3,5-8,10H2/t12-,13-/m0/s1. The second kappa shape index (κ2) is 7.09. The van der Waals surface area contributed by atoms with Gasteiger partial charge in [-0.1, -0.05) is 12.2 Å². The Kier molecular flexibility index (Phi) is 4.65. The zero-order valence-corrected chi connectivity index (χ0v) is 14.4. The second-order valence-corrected chi connectivity index (χ2v) is 7.03. The van der Waals surface area contributed by atoms with Gasteiger partial charge in [0.05, 0.1) is 5.69 Å². The molecule has 2 aliphatic rings. The van der Waals surface area contributed by atoms with Crippen LogP contribution in [0.25, 0.3) is 5.78 Å². The molecule has 1 aliphatic heterocycles. The minimum Gasteiger partial charge on any atom is -0.342 e. The summed E-state index contributed by atoms with van der Waals surface area (Å²) in [4.78, 5) is 22.8. The molecule has 1 fully saturated rings. The summed E-state index contributed by atoms with van der Waals surface area (Å²) in [5.41, 5.74) is 0.362. The van der Waals surface area contributed by atoms with E-state index in [0.717, 1.165) is 36.7 Å². The lowest BCUT2D eigenvalue weighted by atomic mass is 9.93. The fourth-order valence-corrected chi connectivity index (χ4v) is 3.88. The fourth-order valence-electron chi connectivity index (χ4n) is 3.88. The van der Waals surface area contributed by atoms with Gasteiger partial charge in [-0.25, -0.2) is 13.8 Å². The molecule has 2 atom stereocenters. The van der Waals surface area contributed by atoms with Gasteiger partial charge in [-0.05, 0) is 37.7 Å². The molecule has 3 heterocycles. The molecule has 1 aliphatic carbocycles. The number of allylic oxidation sites excluding steroid dienone is 2. The van der Waals surface area contributed by atoms with E-state index in [0.29, 0.717) is 24.6 Å². The van der Waals surface area contributed by atoms with Gasteiger partial charge in [0.1, 0.15) is 12.0 Å². The van der Waals surface area contributed by atoms with Crippen molar-refractivity contribution in [3.05, 3.63) is 35.9 Å². The fraction of sp³-hybridized carbons (Fsp3) is 0.556. The van der Waals surface area contributed by atoms with Gasteiger partial charge in [-0.15, -0.1) is 0 Å². The zero-order valence-electron chi connectivity index (χ0n) is 14.4. The van der Waals surface area contributed by atoms with E-state index in [2.05, 4.69) is 27.2 Å². The minimum atomic E-state index is -2.66. The normalized spacial score (nSPS) is 23.3. The molecule has 0 aromatic carbocycles. The van der Waals surface area contributed by atoms with Gasteiger partial charge in [-0.3, -0.25) is 4.79 Å². The number of likely N-dealkylation sites (tertiary alicyclic amines) is 1. The highest BCUT2D eigenvalue weighted by Crippen LogP contribution is 2.30. The maximum atomic E-state index is 13.4. The van der Waals surface area contributed by atoms with Gasteiger partial charge in [0.25, 0.3) is 12.2 Å². The Labute approximate surface area is 149 Å². The Bertz CT molecular complexity index is 834. The van der Waals surface area contributed by atoms with Gasteiger partial charge < -0.3 is 4.90 Å². The van der Waals surface area contributed by atoms with E-state index in [1.165, 1.54) is 12.4 Å². The highest BCUT2D eigenvalue weighted by atomic mass is 19.3. The van der Waals surface area contributed by atoms with Gasteiger partial charge in [-0.2, -0.15) is 14.6 Å². The molecular formula is C18H21F2N5O. The first-order chi connectivity index (χ1) is 12.6. The summed E-state index contributed by atoms with van der Waals surface area (Å²) < 4.78 is 27.8. The molecule has 0 spiro atoms. The predicted octanol–water partition coefficient (Wildman–Crippen LogP) is 3.12. The molecule has 0 unspecified atom stereocenters. The highest BCUT2D eigenvalue weighted by Gasteiger charge is 2.28. The lowest BCUT2D eigenvalue weighted by Gasteiger charge is -2.33. The third-order valence-electron chi connectivity index (χ3n) is 5.26. The van der Waals surface area contributed by atoms with Crippen LogP contribution in [-0.4, -0.2) is 43.5 Å². The van der Waals surface area contributed by atoms with E-state index >= 15 is 0 Å². The van der Waals surface area contributed by atoms with Gasteiger partial charge in [0.15, 0.2) is 0 Å². The lowest BCUT2D eigenvalue weighted by molar-refractivity contribution is -0.133. The van der Waals surface area contributed by atoms with Gasteiger partial charge in [0, 0.05) is 25.4 Å². The number of piperidine rings is 1. The summed E-state index contributed by atoms with van der Waals surface area (Å²) in [6.07, 6.45) is 7.09. The van der Waals surface area contributed by atoms with Crippen LogP contribution in [-0.2, 0) is 4.79 Å². The average Bonchev–Trinajstić information content (AvgIpc) is 3.32. The Morgan fingerprint density at radius 1 is 1.35 bits per heavy atom. The number of alkyl halides is 2. The maximum Gasteiger partial charge on any atom is 0.280 e. The van der Waals surface area contributed by atoms with Crippen molar-refractivity contribution >= 4 is 11.7 Å². The maximum absolute atomic E-state index is 13.4. The van der Waals surface area contributed by atoms with Crippen LogP contribution in [0.4, 0.5) is 8.78 Å². The Morgan fingerprint density at radius 3 is 3.00 bits per heavy atom. The van der Waals surface area contributed by atoms with Crippen molar-refractivity contribution in [3.8, 4) is 0 Å². The van der Waals surface area contributed by atoms with Crippen molar-refractivity contribution in [2.75, 3.05) is 13.1 Å². The van der Waals surface area contributed by atoms with Crippen molar-refractivity contribution in [1.29, 1.82) is 0 Å². The first-order valence-corrected chi connectivity index (χ1v) is 9.05. The largest absolute Gasteiger partial charge is 0.342 e. The summed E-state index contributed by atoms with van der Waals surface area (Å²) in [6, 6.07) is 1.41. The van der Waals surface area contributed by atoms with E-state index in [4.69, 9.17) is 0 Å². The number of hydrogen-bond acceptors (Lipinski definition) is 4. The number of carbonyl (C=O) groups is 1. The van der Waals surface area contributed by atoms with Crippen molar-refractivity contribution < 1.29 is 13.6 Å². The number of rotatable bonds is 4. The quantitative estimate of drug-likeness (QED) is 0.785. The van der Waals surface area contributed by atoms with Gasteiger partial charge in [0.2, 0.25) is 5.91 Å². The predicted molar refractivity (Wildman–Crippen MR) is 90.8 cm³/mol. The number of aromatic nitrogens is 4. The van der Waals surface area contributed by atoms with E-state index in [1.54, 1.807) is 0 Å². The summed E-state index contributed by atoms with van der Waals surface area (Å²) >= 11 is 0. The van der Waals surface area contributed by atoms with Crippen LogP contribution >= 0.6 is 0 Å². The number of fused-ring (bicyclic) bond motifs is 1. The topological polar surface area (TPSA) is 63.4 Å². The Morgan fingerprint density at radius 2 is 2.23 bits per heavy atom. The molecule has 8 heteroatoms. The molecule has 0 radical (unpaired) electrons. The molecule has 0 bridgehead atoms. The summed E-state index contributed by atoms with van der Waals surface area (Å²) in [5.74, 6) is 0.603. The molecule has 6 nitrogen and oxygen atoms in total. The van der Waals surface area contributed by atoms with Crippen LogP contribution in [0.3, 0.4) is 0 Å². The third-order valence-corrected chi connectivity index (χ3v) is 5.26. The molecular weight excluding hydrogens is 340 g/mol. The third kappa shape index (κ3) is 3.32. The number of amides is 1. The first-order valence-electron chi connectivity index (χ1n) is 9.05. The molecule has 2 aromatic heterocycles. The molecule has 1 saturated heterocycles. The molecule has 0 saturated carbocycles. The molecule has 1 amide bonds. The van der Waals surface area contributed by atoms with Crippen LogP contribution in [0, 0.1) is 5.92 Å². The highest BCUT2D eigenvalue weighted by molar-refractivity contribution is 5.77. The SMILES string of the molecule is O=C(C[C@H]1C=CCC1)N1CCC[C@H](c2cc(C(F)F)n3ncnc3n2)C1. The van der Waals surface area contributed by atoms with Crippen LogP contribution in [0.2, 0.25) is 0 Å². The minimum absolute atomic E-state index is 0.0500. The van der Waals surface area contributed by atoms with E-state index < -0.39 is 6.43 Å². The number of hydrogen-bond donors (Lipinski definition) is 0. The summed E-state index contributed by atoms with van der Waals surface area (Å²) in [6.45, 7) is 1.25. The van der Waals surface area contributed by atoms with Crippen molar-refractivity contribution in [3.63, 3.8) is 0 Å². The summed E-state index contributed by atoms with van der Waals surface area (Å²) in [5, 5.41) is 3.82. The smallest absolute Gasteiger partial charge is 0.280 e. The van der Waals surface area contributed by atoms with Crippen LogP contribution < -0.4 is 0 Å². The molecule has 2 aromatic rings. The lowest BCUT2D eigenvalue weighted by Crippen LogP contribution is -2.40. The molecule has 4 rings (SSSR count). The zero-order chi connectivity index (χ0) is 18.1. The van der Waals surface area contributed by atoms with Crippen molar-refractivity contribution in [2.24, 2.45) is 5.92 Å². The molecule has 26 heavy (non-hydrogen) atoms.